The highest BCUT2D eigenvalue weighted by molar-refractivity contribution is 8.13. The highest BCUT2D eigenvalue weighted by atomic mass is 32.2. The first kappa shape index (κ1) is 12.2. The molecule has 0 radical (unpaired) electrons. The van der Waals surface area contributed by atoms with Gasteiger partial charge in [-0.05, 0) is 18.4 Å². The minimum Gasteiger partial charge on any atom is -0.320 e. The molecular weight excluding hydrogens is 248 g/mol. The van der Waals surface area contributed by atoms with E-state index in [0.717, 1.165) is 5.39 Å². The van der Waals surface area contributed by atoms with E-state index in [-0.39, 0.29) is 5.56 Å². The summed E-state index contributed by atoms with van der Waals surface area (Å²) < 4.78 is 0. The average Bonchev–Trinajstić information content (AvgIpc) is 2.38. The Hall–Kier alpha value is -2.26. The molecule has 0 unspecified atom stereocenters. The molecule has 0 saturated carbocycles. The number of nitriles is 1. The van der Waals surface area contributed by atoms with Crippen LogP contribution < -0.4 is 10.9 Å². The van der Waals surface area contributed by atoms with Gasteiger partial charge in [-0.2, -0.15) is 5.26 Å². The van der Waals surface area contributed by atoms with Gasteiger partial charge in [0.05, 0.1) is 11.2 Å². The van der Waals surface area contributed by atoms with Crippen molar-refractivity contribution in [3.05, 3.63) is 40.7 Å². The molecule has 18 heavy (non-hydrogen) atoms. The highest BCUT2D eigenvalue weighted by Crippen LogP contribution is 2.23. The predicted octanol–water partition coefficient (Wildman–Crippen LogP) is 1.95. The van der Waals surface area contributed by atoms with E-state index in [2.05, 4.69) is 15.3 Å². The molecule has 0 fully saturated rings. The number of aliphatic imine (C=N–C) groups is 1. The molecule has 1 heterocycles. The molecule has 2 aromatic rings. The number of aromatic amines is 1. The number of H-pyrrole nitrogens is 1. The fraction of sp³-hybridized carbons (Fsp3) is 0.0833. The van der Waals surface area contributed by atoms with Crippen molar-refractivity contribution in [2.24, 2.45) is 4.99 Å². The van der Waals surface area contributed by atoms with Gasteiger partial charge in [-0.3, -0.25) is 10.1 Å². The highest BCUT2D eigenvalue weighted by Gasteiger charge is 2.02. The molecule has 0 saturated heterocycles. The second-order valence-corrected chi connectivity index (χ2v) is 4.22. The largest absolute Gasteiger partial charge is 0.320 e. The van der Waals surface area contributed by atoms with Crippen LogP contribution in [0.1, 0.15) is 0 Å². The summed E-state index contributed by atoms with van der Waals surface area (Å²) in [5.74, 6) is 0. The zero-order valence-corrected chi connectivity index (χ0v) is 10.4. The average molecular weight is 258 g/mol. The Bertz CT molecular complexity index is 699. The molecule has 0 atom stereocenters. The summed E-state index contributed by atoms with van der Waals surface area (Å²) in [5, 5.41) is 12.5. The van der Waals surface area contributed by atoms with Gasteiger partial charge in [0, 0.05) is 11.5 Å². The maximum absolute atomic E-state index is 11.3. The fourth-order valence-corrected chi connectivity index (χ4v) is 1.88. The van der Waals surface area contributed by atoms with Crippen molar-refractivity contribution >= 4 is 33.5 Å². The molecule has 2 N–H and O–H groups in total. The number of benzene rings is 1. The predicted molar refractivity (Wildman–Crippen MR) is 73.9 cm³/mol. The first-order valence-corrected chi connectivity index (χ1v) is 6.37. The molecule has 0 amide bonds. The fourth-order valence-electron chi connectivity index (χ4n) is 1.54. The van der Waals surface area contributed by atoms with E-state index in [1.165, 1.54) is 17.8 Å². The molecule has 0 spiro atoms. The van der Waals surface area contributed by atoms with E-state index in [9.17, 15) is 4.79 Å². The number of pyridine rings is 1. The number of hydrogen-bond donors (Lipinski definition) is 2. The number of aromatic nitrogens is 1. The standard InChI is InChI=1S/C12H10N4OS/c1-18-12(14-7-13)15-9-4-2-3-8-5-6-10(17)16-11(8)9/h2-6H,1H3,(H,14,15)(H,16,17). The monoisotopic (exact) mass is 258 g/mol. The van der Waals surface area contributed by atoms with Gasteiger partial charge >= 0.3 is 0 Å². The summed E-state index contributed by atoms with van der Waals surface area (Å²) in [7, 11) is 0. The SMILES string of the molecule is CSC(=Nc1cccc2ccc(=O)[nH]c12)NC#N. The van der Waals surface area contributed by atoms with Gasteiger partial charge < -0.3 is 4.98 Å². The van der Waals surface area contributed by atoms with Crippen LogP contribution in [0.15, 0.2) is 40.1 Å². The first-order chi connectivity index (χ1) is 8.74. The van der Waals surface area contributed by atoms with Crippen LogP contribution in [0.25, 0.3) is 10.9 Å². The lowest BCUT2D eigenvalue weighted by Gasteiger charge is -2.03. The van der Waals surface area contributed by atoms with Crippen molar-refractivity contribution in [3.8, 4) is 6.19 Å². The van der Waals surface area contributed by atoms with Crippen LogP contribution in [0.3, 0.4) is 0 Å². The number of nitrogens with zero attached hydrogens (tertiary/aromatic N) is 2. The summed E-state index contributed by atoms with van der Waals surface area (Å²) in [6.07, 6.45) is 3.64. The molecule has 6 heteroatoms. The minimum absolute atomic E-state index is 0.177. The number of hydrogen-bond acceptors (Lipinski definition) is 4. The lowest BCUT2D eigenvalue weighted by Crippen LogP contribution is -2.12. The molecule has 1 aromatic carbocycles. The Labute approximate surface area is 108 Å². The number of nitrogens with one attached hydrogen (secondary N) is 2. The lowest BCUT2D eigenvalue weighted by atomic mass is 10.2. The Kier molecular flexibility index (Phi) is 3.65. The third-order valence-electron chi connectivity index (χ3n) is 2.32. The van der Waals surface area contributed by atoms with Crippen molar-refractivity contribution in [2.45, 2.75) is 0 Å². The Balaban J connectivity index is 2.61. The van der Waals surface area contributed by atoms with E-state index in [1.807, 2.05) is 24.6 Å². The van der Waals surface area contributed by atoms with E-state index in [4.69, 9.17) is 5.26 Å². The number of fused-ring (bicyclic) bond motifs is 1. The molecule has 0 aliphatic rings. The molecule has 0 aliphatic carbocycles. The quantitative estimate of drug-likeness (QED) is 0.354. The molecule has 5 nitrogen and oxygen atoms in total. The molecular formula is C12H10N4OS. The van der Waals surface area contributed by atoms with Crippen molar-refractivity contribution in [1.29, 1.82) is 5.26 Å². The summed E-state index contributed by atoms with van der Waals surface area (Å²) in [5.41, 5.74) is 1.11. The van der Waals surface area contributed by atoms with Gasteiger partial charge in [-0.1, -0.05) is 23.9 Å². The smallest absolute Gasteiger partial charge is 0.248 e. The van der Waals surface area contributed by atoms with Gasteiger partial charge in [-0.15, -0.1) is 0 Å². The summed E-state index contributed by atoms with van der Waals surface area (Å²) in [6, 6.07) is 8.74. The molecule has 90 valence electrons. The topological polar surface area (TPSA) is 81.0 Å². The van der Waals surface area contributed by atoms with Gasteiger partial charge in [0.2, 0.25) is 5.56 Å². The van der Waals surface area contributed by atoms with Gasteiger partial charge in [0.15, 0.2) is 11.4 Å². The molecule has 0 bridgehead atoms. The number of para-hydroxylation sites is 1. The number of thioether (sulfide) groups is 1. The van der Waals surface area contributed by atoms with Crippen LogP contribution >= 0.6 is 11.8 Å². The Morgan fingerprint density at radius 2 is 2.28 bits per heavy atom. The van der Waals surface area contributed by atoms with E-state index >= 15 is 0 Å². The first-order valence-electron chi connectivity index (χ1n) is 5.14. The van der Waals surface area contributed by atoms with Gasteiger partial charge in [0.25, 0.3) is 0 Å². The third kappa shape index (κ3) is 2.52. The normalized spacial score (nSPS) is 11.2. The maximum Gasteiger partial charge on any atom is 0.248 e. The van der Waals surface area contributed by atoms with Crippen LogP contribution in [0.2, 0.25) is 0 Å². The maximum atomic E-state index is 11.3. The molecule has 0 aliphatic heterocycles. The second-order valence-electron chi connectivity index (χ2n) is 3.42. The minimum atomic E-state index is -0.177. The van der Waals surface area contributed by atoms with Crippen LogP contribution in [-0.4, -0.2) is 16.4 Å². The van der Waals surface area contributed by atoms with E-state index < -0.39 is 0 Å². The second kappa shape index (κ2) is 5.38. The van der Waals surface area contributed by atoms with Crippen LogP contribution in [0.5, 0.6) is 0 Å². The Morgan fingerprint density at radius 1 is 1.44 bits per heavy atom. The van der Waals surface area contributed by atoms with Gasteiger partial charge in [0.1, 0.15) is 0 Å². The summed E-state index contributed by atoms with van der Waals surface area (Å²) in [6.45, 7) is 0. The van der Waals surface area contributed by atoms with E-state index in [0.29, 0.717) is 16.4 Å². The van der Waals surface area contributed by atoms with Gasteiger partial charge in [-0.25, -0.2) is 4.99 Å². The lowest BCUT2D eigenvalue weighted by molar-refractivity contribution is 1.27. The van der Waals surface area contributed by atoms with Crippen LogP contribution in [0, 0.1) is 11.5 Å². The van der Waals surface area contributed by atoms with Crippen molar-refractivity contribution in [3.63, 3.8) is 0 Å². The zero-order valence-electron chi connectivity index (χ0n) is 9.60. The Morgan fingerprint density at radius 3 is 3.00 bits per heavy atom. The van der Waals surface area contributed by atoms with Crippen LogP contribution in [0.4, 0.5) is 5.69 Å². The van der Waals surface area contributed by atoms with Crippen molar-refractivity contribution in [2.75, 3.05) is 6.26 Å². The van der Waals surface area contributed by atoms with E-state index in [1.54, 1.807) is 12.1 Å². The zero-order chi connectivity index (χ0) is 13.0. The third-order valence-corrected chi connectivity index (χ3v) is 2.90. The summed E-state index contributed by atoms with van der Waals surface area (Å²) in [4.78, 5) is 18.4. The van der Waals surface area contributed by atoms with Crippen molar-refractivity contribution < 1.29 is 0 Å². The molecule has 1 aromatic heterocycles. The van der Waals surface area contributed by atoms with Crippen LogP contribution in [-0.2, 0) is 0 Å². The molecule has 2 rings (SSSR count). The number of amidine groups is 1. The summed E-state index contributed by atoms with van der Waals surface area (Å²) >= 11 is 1.33. The van der Waals surface area contributed by atoms with Crippen molar-refractivity contribution in [1.82, 2.24) is 10.3 Å². The number of rotatable bonds is 1.